The molecular weight excluding hydrogens is 262 g/mol. The molecule has 0 fully saturated rings. The lowest BCUT2D eigenvalue weighted by Gasteiger charge is -2.32. The predicted octanol–water partition coefficient (Wildman–Crippen LogP) is 2.25. The lowest BCUT2D eigenvalue weighted by atomic mass is 9.89. The van der Waals surface area contributed by atoms with Crippen molar-refractivity contribution in [2.24, 2.45) is 5.41 Å². The van der Waals surface area contributed by atoms with Gasteiger partial charge in [-0.05, 0) is 17.0 Å². The molecule has 0 N–H and O–H groups in total. The van der Waals surface area contributed by atoms with Gasteiger partial charge in [-0.3, -0.25) is 0 Å². The molecule has 1 heterocycles. The smallest absolute Gasteiger partial charge is 0.243 e. The van der Waals surface area contributed by atoms with E-state index in [0.29, 0.717) is 18.0 Å². The molecule has 106 valence electrons. The standard InChI is InChI=1S/C14H21NO3S/c1-14(2,3)13(18-4)10-15-9-11-7-5-6-8-12(11)19(15,16)17/h5-8,13H,9-10H2,1-4H3. The van der Waals surface area contributed by atoms with Crippen LogP contribution in [0.1, 0.15) is 26.3 Å². The van der Waals surface area contributed by atoms with Gasteiger partial charge in [0.05, 0.1) is 11.0 Å². The van der Waals surface area contributed by atoms with Crippen molar-refractivity contribution in [3.8, 4) is 0 Å². The summed E-state index contributed by atoms with van der Waals surface area (Å²) in [5.41, 5.74) is 0.769. The average molecular weight is 283 g/mol. The van der Waals surface area contributed by atoms with Gasteiger partial charge in [0.25, 0.3) is 0 Å². The van der Waals surface area contributed by atoms with Crippen LogP contribution in [0.25, 0.3) is 0 Å². The molecule has 1 aromatic rings. The van der Waals surface area contributed by atoms with E-state index in [0.717, 1.165) is 5.56 Å². The molecule has 0 aliphatic carbocycles. The van der Waals surface area contributed by atoms with E-state index >= 15 is 0 Å². The molecule has 1 atom stereocenters. The third-order valence-electron chi connectivity index (χ3n) is 3.56. The van der Waals surface area contributed by atoms with Crippen LogP contribution in [-0.4, -0.2) is 32.5 Å². The number of hydrogen-bond acceptors (Lipinski definition) is 3. The fourth-order valence-corrected chi connectivity index (χ4v) is 3.98. The zero-order valence-corrected chi connectivity index (χ0v) is 12.7. The van der Waals surface area contributed by atoms with Gasteiger partial charge in [0.1, 0.15) is 0 Å². The average Bonchev–Trinajstić information content (AvgIpc) is 2.57. The minimum Gasteiger partial charge on any atom is -0.380 e. The molecule has 0 saturated carbocycles. The normalized spacial score (nSPS) is 20.2. The molecular formula is C14H21NO3S. The SMILES string of the molecule is COC(CN1Cc2ccccc2S1(=O)=O)C(C)(C)C. The summed E-state index contributed by atoms with van der Waals surface area (Å²) in [6.07, 6.45) is -0.128. The van der Waals surface area contributed by atoms with Crippen LogP contribution in [0.2, 0.25) is 0 Å². The molecule has 0 bridgehead atoms. The fraction of sp³-hybridized carbons (Fsp3) is 0.571. The first-order valence-electron chi connectivity index (χ1n) is 6.37. The van der Waals surface area contributed by atoms with E-state index in [2.05, 4.69) is 20.8 Å². The number of rotatable bonds is 3. The van der Waals surface area contributed by atoms with Crippen LogP contribution in [0.5, 0.6) is 0 Å². The predicted molar refractivity (Wildman–Crippen MR) is 74.3 cm³/mol. The van der Waals surface area contributed by atoms with E-state index in [1.807, 2.05) is 12.1 Å². The van der Waals surface area contributed by atoms with Crippen molar-refractivity contribution in [1.82, 2.24) is 4.31 Å². The maximum Gasteiger partial charge on any atom is 0.243 e. The van der Waals surface area contributed by atoms with Gasteiger partial charge in [-0.15, -0.1) is 0 Å². The molecule has 0 spiro atoms. The quantitative estimate of drug-likeness (QED) is 0.855. The van der Waals surface area contributed by atoms with Gasteiger partial charge < -0.3 is 4.74 Å². The van der Waals surface area contributed by atoms with Gasteiger partial charge in [0, 0.05) is 20.2 Å². The first kappa shape index (κ1) is 14.5. The van der Waals surface area contributed by atoms with E-state index in [-0.39, 0.29) is 11.5 Å². The van der Waals surface area contributed by atoms with Crippen molar-refractivity contribution < 1.29 is 13.2 Å². The van der Waals surface area contributed by atoms with Gasteiger partial charge in [-0.25, -0.2) is 8.42 Å². The number of methoxy groups -OCH3 is 1. The van der Waals surface area contributed by atoms with E-state index in [1.165, 1.54) is 4.31 Å². The second-order valence-corrected chi connectivity index (χ2v) is 7.90. The summed E-state index contributed by atoms with van der Waals surface area (Å²) in [4.78, 5) is 0.429. The topological polar surface area (TPSA) is 46.6 Å². The van der Waals surface area contributed by atoms with Gasteiger partial charge in [-0.1, -0.05) is 39.0 Å². The highest BCUT2D eigenvalue weighted by Gasteiger charge is 2.37. The van der Waals surface area contributed by atoms with Crippen LogP contribution in [0.3, 0.4) is 0 Å². The summed E-state index contributed by atoms with van der Waals surface area (Å²) < 4.78 is 31.8. The Bertz CT molecular complexity index is 560. The summed E-state index contributed by atoms with van der Waals surface area (Å²) in [7, 11) is -1.73. The molecule has 1 aliphatic rings. The monoisotopic (exact) mass is 283 g/mol. The van der Waals surface area contributed by atoms with Gasteiger partial charge >= 0.3 is 0 Å². The zero-order chi connectivity index (χ0) is 14.3. The number of fused-ring (bicyclic) bond motifs is 1. The highest BCUT2D eigenvalue weighted by atomic mass is 32.2. The number of hydrogen-bond donors (Lipinski definition) is 0. The Kier molecular flexibility index (Phi) is 3.73. The summed E-state index contributed by atoms with van der Waals surface area (Å²) in [5, 5.41) is 0. The van der Waals surface area contributed by atoms with E-state index < -0.39 is 10.0 Å². The van der Waals surface area contributed by atoms with E-state index in [4.69, 9.17) is 4.74 Å². The number of sulfonamides is 1. The summed E-state index contributed by atoms with van der Waals surface area (Å²) >= 11 is 0. The minimum absolute atomic E-state index is 0.0982. The molecule has 0 saturated heterocycles. The van der Waals surface area contributed by atoms with Crippen molar-refractivity contribution >= 4 is 10.0 Å². The second-order valence-electron chi connectivity index (χ2n) is 6.00. The largest absolute Gasteiger partial charge is 0.380 e. The Morgan fingerprint density at radius 1 is 1.32 bits per heavy atom. The molecule has 2 rings (SSSR count). The number of ether oxygens (including phenoxy) is 1. The van der Waals surface area contributed by atoms with Crippen molar-refractivity contribution in [1.29, 1.82) is 0 Å². The number of benzene rings is 1. The minimum atomic E-state index is -3.36. The Hall–Kier alpha value is -0.910. The molecule has 1 aromatic carbocycles. The summed E-state index contributed by atoms with van der Waals surface area (Å²) in [6, 6.07) is 7.17. The van der Waals surface area contributed by atoms with Crippen LogP contribution in [-0.2, 0) is 21.3 Å². The molecule has 1 unspecified atom stereocenters. The van der Waals surface area contributed by atoms with Crippen LogP contribution >= 0.6 is 0 Å². The molecule has 0 radical (unpaired) electrons. The lowest BCUT2D eigenvalue weighted by molar-refractivity contribution is 0.00468. The third-order valence-corrected chi connectivity index (χ3v) is 5.47. The van der Waals surface area contributed by atoms with Crippen molar-refractivity contribution in [3.05, 3.63) is 29.8 Å². The molecule has 5 heteroatoms. The Morgan fingerprint density at radius 2 is 1.95 bits per heavy atom. The van der Waals surface area contributed by atoms with Crippen LogP contribution in [0.15, 0.2) is 29.2 Å². The van der Waals surface area contributed by atoms with Crippen molar-refractivity contribution in [2.75, 3.05) is 13.7 Å². The molecule has 0 aromatic heterocycles. The van der Waals surface area contributed by atoms with E-state index in [9.17, 15) is 8.42 Å². The highest BCUT2D eigenvalue weighted by molar-refractivity contribution is 7.89. The van der Waals surface area contributed by atoms with Crippen LogP contribution < -0.4 is 0 Å². The highest BCUT2D eigenvalue weighted by Crippen LogP contribution is 2.32. The fourth-order valence-electron chi connectivity index (χ4n) is 2.35. The first-order chi connectivity index (χ1) is 8.76. The van der Waals surface area contributed by atoms with Crippen LogP contribution in [0.4, 0.5) is 0 Å². The maximum atomic E-state index is 12.4. The Balaban J connectivity index is 2.26. The first-order valence-corrected chi connectivity index (χ1v) is 7.81. The molecule has 4 nitrogen and oxygen atoms in total. The number of nitrogens with zero attached hydrogens (tertiary/aromatic N) is 1. The van der Waals surface area contributed by atoms with E-state index in [1.54, 1.807) is 19.2 Å². The Labute approximate surface area is 115 Å². The summed E-state index contributed by atoms with van der Waals surface area (Å²) in [5.74, 6) is 0. The third kappa shape index (κ3) is 2.68. The second kappa shape index (κ2) is 4.89. The van der Waals surface area contributed by atoms with Crippen LogP contribution in [0, 0.1) is 5.41 Å². The maximum absolute atomic E-state index is 12.4. The van der Waals surface area contributed by atoms with Gasteiger partial charge in [0.15, 0.2) is 0 Å². The Morgan fingerprint density at radius 3 is 2.47 bits per heavy atom. The zero-order valence-electron chi connectivity index (χ0n) is 11.9. The molecule has 1 aliphatic heterocycles. The van der Waals surface area contributed by atoms with Crippen molar-refractivity contribution in [2.45, 2.75) is 38.3 Å². The molecule has 0 amide bonds. The molecule has 19 heavy (non-hydrogen) atoms. The van der Waals surface area contributed by atoms with Crippen molar-refractivity contribution in [3.63, 3.8) is 0 Å². The van der Waals surface area contributed by atoms with Gasteiger partial charge in [0.2, 0.25) is 10.0 Å². The lowest BCUT2D eigenvalue weighted by Crippen LogP contribution is -2.40. The summed E-state index contributed by atoms with van der Waals surface area (Å²) in [6.45, 7) is 6.98. The van der Waals surface area contributed by atoms with Gasteiger partial charge in [-0.2, -0.15) is 4.31 Å².